The maximum Gasteiger partial charge on any atom is 0.225 e. The molecule has 1 aromatic carbocycles. The molecule has 0 radical (unpaired) electrons. The Bertz CT molecular complexity index is 462. The molecule has 0 spiro atoms. The highest BCUT2D eigenvalue weighted by Gasteiger charge is 2.16. The predicted octanol–water partition coefficient (Wildman–Crippen LogP) is 3.53. The van der Waals surface area contributed by atoms with Gasteiger partial charge in [-0.15, -0.1) is 0 Å². The molecular formula is C18H28N2O2. The van der Waals surface area contributed by atoms with Crippen LogP contribution in [0.4, 0.5) is 5.69 Å². The zero-order chi connectivity index (χ0) is 15.9. The molecule has 1 aromatic rings. The van der Waals surface area contributed by atoms with Crippen molar-refractivity contribution in [2.24, 2.45) is 5.92 Å². The standard InChI is InChI=1S/C18H28N2O2/c1-14(2)22-17-6-4-16(5-7-17)19-18(21)10-13-20-11-8-15(3)9-12-20/h4-7,14-15H,8-13H2,1-3H3,(H,19,21). The third kappa shape index (κ3) is 5.68. The van der Waals surface area contributed by atoms with Crippen LogP contribution in [0.2, 0.25) is 0 Å². The number of hydrogen-bond acceptors (Lipinski definition) is 3. The molecule has 1 fully saturated rings. The normalized spacial score (nSPS) is 16.7. The quantitative estimate of drug-likeness (QED) is 0.874. The van der Waals surface area contributed by atoms with Crippen molar-refractivity contribution in [3.63, 3.8) is 0 Å². The van der Waals surface area contributed by atoms with Crippen LogP contribution in [-0.4, -0.2) is 36.5 Å². The summed E-state index contributed by atoms with van der Waals surface area (Å²) in [6, 6.07) is 7.56. The monoisotopic (exact) mass is 304 g/mol. The Morgan fingerprint density at radius 2 is 1.91 bits per heavy atom. The number of hydrogen-bond donors (Lipinski definition) is 1. The Labute approximate surface area is 133 Å². The van der Waals surface area contributed by atoms with Crippen LogP contribution in [-0.2, 0) is 4.79 Å². The van der Waals surface area contributed by atoms with Gasteiger partial charge >= 0.3 is 0 Å². The second-order valence-corrected chi connectivity index (χ2v) is 6.51. The fourth-order valence-corrected chi connectivity index (χ4v) is 2.66. The lowest BCUT2D eigenvalue weighted by Crippen LogP contribution is -2.35. The molecule has 0 bridgehead atoms. The van der Waals surface area contributed by atoms with E-state index in [9.17, 15) is 4.79 Å². The molecule has 1 aliphatic heterocycles. The molecule has 4 heteroatoms. The van der Waals surface area contributed by atoms with Gasteiger partial charge in [0.2, 0.25) is 5.91 Å². The molecular weight excluding hydrogens is 276 g/mol. The van der Waals surface area contributed by atoms with E-state index in [1.165, 1.54) is 12.8 Å². The van der Waals surface area contributed by atoms with E-state index in [4.69, 9.17) is 4.74 Å². The molecule has 122 valence electrons. The van der Waals surface area contributed by atoms with Crippen LogP contribution in [0, 0.1) is 5.92 Å². The van der Waals surface area contributed by atoms with Crippen molar-refractivity contribution in [3.05, 3.63) is 24.3 Å². The van der Waals surface area contributed by atoms with E-state index in [1.807, 2.05) is 38.1 Å². The Morgan fingerprint density at radius 3 is 2.50 bits per heavy atom. The van der Waals surface area contributed by atoms with Crippen LogP contribution in [0.15, 0.2) is 24.3 Å². The predicted molar refractivity (Wildman–Crippen MR) is 90.3 cm³/mol. The van der Waals surface area contributed by atoms with Crippen molar-refractivity contribution < 1.29 is 9.53 Å². The molecule has 1 heterocycles. The molecule has 4 nitrogen and oxygen atoms in total. The highest BCUT2D eigenvalue weighted by Crippen LogP contribution is 2.18. The molecule has 22 heavy (non-hydrogen) atoms. The number of piperidine rings is 1. The largest absolute Gasteiger partial charge is 0.491 e. The van der Waals surface area contributed by atoms with E-state index in [0.29, 0.717) is 6.42 Å². The second-order valence-electron chi connectivity index (χ2n) is 6.51. The molecule has 1 amide bonds. The van der Waals surface area contributed by atoms with Gasteiger partial charge in [0.15, 0.2) is 0 Å². The maximum absolute atomic E-state index is 12.0. The van der Waals surface area contributed by atoms with Crippen molar-refractivity contribution in [1.82, 2.24) is 4.90 Å². The minimum atomic E-state index is 0.0798. The van der Waals surface area contributed by atoms with E-state index >= 15 is 0 Å². The Balaban J connectivity index is 1.72. The van der Waals surface area contributed by atoms with Crippen molar-refractivity contribution in [2.45, 2.75) is 46.1 Å². The first kappa shape index (κ1) is 16.8. The molecule has 1 aliphatic rings. The fourth-order valence-electron chi connectivity index (χ4n) is 2.66. The summed E-state index contributed by atoms with van der Waals surface area (Å²) < 4.78 is 5.59. The van der Waals surface area contributed by atoms with E-state index in [1.54, 1.807) is 0 Å². The number of nitrogens with zero attached hydrogens (tertiary/aromatic N) is 1. The number of benzene rings is 1. The van der Waals surface area contributed by atoms with Crippen LogP contribution in [0.3, 0.4) is 0 Å². The van der Waals surface area contributed by atoms with Gasteiger partial charge < -0.3 is 15.0 Å². The van der Waals surface area contributed by atoms with E-state index < -0.39 is 0 Å². The SMILES string of the molecule is CC1CCN(CCC(=O)Nc2ccc(OC(C)C)cc2)CC1. The maximum atomic E-state index is 12.0. The minimum Gasteiger partial charge on any atom is -0.491 e. The Kier molecular flexibility index (Phi) is 6.25. The van der Waals surface area contributed by atoms with Gasteiger partial charge in [0.1, 0.15) is 5.75 Å². The Morgan fingerprint density at radius 1 is 1.27 bits per heavy atom. The number of carbonyl (C=O) groups is 1. The first-order valence-corrected chi connectivity index (χ1v) is 8.32. The van der Waals surface area contributed by atoms with Gasteiger partial charge in [-0.25, -0.2) is 0 Å². The molecule has 1 saturated heterocycles. The molecule has 0 aliphatic carbocycles. The third-order valence-electron chi connectivity index (χ3n) is 4.04. The average molecular weight is 304 g/mol. The number of carbonyl (C=O) groups excluding carboxylic acids is 1. The van der Waals surface area contributed by atoms with Gasteiger partial charge in [0.25, 0.3) is 0 Å². The van der Waals surface area contributed by atoms with Gasteiger partial charge in [-0.05, 0) is 70.0 Å². The molecule has 0 unspecified atom stereocenters. The Hall–Kier alpha value is -1.55. The summed E-state index contributed by atoms with van der Waals surface area (Å²) in [5.74, 6) is 1.74. The van der Waals surface area contributed by atoms with Crippen LogP contribution in [0.5, 0.6) is 5.75 Å². The van der Waals surface area contributed by atoms with Gasteiger partial charge in [-0.3, -0.25) is 4.79 Å². The molecule has 0 saturated carbocycles. The summed E-state index contributed by atoms with van der Waals surface area (Å²) in [6.45, 7) is 9.39. The zero-order valence-corrected chi connectivity index (χ0v) is 14.0. The minimum absolute atomic E-state index is 0.0798. The van der Waals surface area contributed by atoms with Crippen molar-refractivity contribution in [2.75, 3.05) is 25.0 Å². The number of likely N-dealkylation sites (tertiary alicyclic amines) is 1. The molecule has 0 aromatic heterocycles. The first-order valence-electron chi connectivity index (χ1n) is 8.32. The number of nitrogens with one attached hydrogen (secondary N) is 1. The number of rotatable bonds is 6. The summed E-state index contributed by atoms with van der Waals surface area (Å²) in [4.78, 5) is 14.4. The van der Waals surface area contributed by atoms with Crippen LogP contribution in [0.1, 0.15) is 40.0 Å². The van der Waals surface area contributed by atoms with Crippen LogP contribution >= 0.6 is 0 Å². The van der Waals surface area contributed by atoms with Gasteiger partial charge in [0.05, 0.1) is 6.10 Å². The smallest absolute Gasteiger partial charge is 0.225 e. The summed E-state index contributed by atoms with van der Waals surface area (Å²) in [5.41, 5.74) is 0.827. The van der Waals surface area contributed by atoms with E-state index in [0.717, 1.165) is 37.0 Å². The van der Waals surface area contributed by atoms with Crippen LogP contribution < -0.4 is 10.1 Å². The first-order chi connectivity index (χ1) is 10.5. The van der Waals surface area contributed by atoms with E-state index in [-0.39, 0.29) is 12.0 Å². The number of anilines is 1. The summed E-state index contributed by atoms with van der Waals surface area (Å²) in [5, 5.41) is 2.95. The molecule has 0 atom stereocenters. The molecule has 1 N–H and O–H groups in total. The number of amides is 1. The molecule has 2 rings (SSSR count). The number of ether oxygens (including phenoxy) is 1. The topological polar surface area (TPSA) is 41.6 Å². The van der Waals surface area contributed by atoms with Crippen molar-refractivity contribution in [1.29, 1.82) is 0 Å². The fraction of sp³-hybridized carbons (Fsp3) is 0.611. The van der Waals surface area contributed by atoms with Gasteiger partial charge in [-0.1, -0.05) is 6.92 Å². The van der Waals surface area contributed by atoms with Gasteiger partial charge in [0, 0.05) is 18.7 Å². The summed E-state index contributed by atoms with van der Waals surface area (Å²) in [6.07, 6.45) is 3.21. The second kappa shape index (κ2) is 8.18. The average Bonchev–Trinajstić information content (AvgIpc) is 2.48. The van der Waals surface area contributed by atoms with Crippen molar-refractivity contribution >= 4 is 11.6 Å². The highest BCUT2D eigenvalue weighted by molar-refractivity contribution is 5.90. The summed E-state index contributed by atoms with van der Waals surface area (Å²) in [7, 11) is 0. The van der Waals surface area contributed by atoms with Crippen LogP contribution in [0.25, 0.3) is 0 Å². The third-order valence-corrected chi connectivity index (χ3v) is 4.04. The summed E-state index contributed by atoms with van der Waals surface area (Å²) >= 11 is 0. The van der Waals surface area contributed by atoms with E-state index in [2.05, 4.69) is 17.1 Å². The lowest BCUT2D eigenvalue weighted by molar-refractivity contribution is -0.116. The highest BCUT2D eigenvalue weighted by atomic mass is 16.5. The lowest BCUT2D eigenvalue weighted by Gasteiger charge is -2.29. The lowest BCUT2D eigenvalue weighted by atomic mass is 9.99. The van der Waals surface area contributed by atoms with Gasteiger partial charge in [-0.2, -0.15) is 0 Å². The zero-order valence-electron chi connectivity index (χ0n) is 14.0. The van der Waals surface area contributed by atoms with Crippen molar-refractivity contribution in [3.8, 4) is 5.75 Å².